The first-order valence-electron chi connectivity index (χ1n) is 6.14. The zero-order valence-electron chi connectivity index (χ0n) is 11.0. The fourth-order valence-electron chi connectivity index (χ4n) is 1.88. The first-order valence-corrected chi connectivity index (χ1v) is 6.14. The van der Waals surface area contributed by atoms with Crippen LogP contribution in [0.2, 0.25) is 0 Å². The molecule has 2 rings (SSSR count). The van der Waals surface area contributed by atoms with Gasteiger partial charge in [-0.05, 0) is 17.9 Å². The standard InChI is InChI=1S/C14H15N3O3/c1-9-6-16-14(11-5-3-2-4-10(9)11)17-7-12(18)15-8-13(19)20/h2-6H,7-8H2,1H3,(H,15,18)(H,16,17)(H,19,20). The largest absolute Gasteiger partial charge is 0.480 e. The molecule has 3 N–H and O–H groups in total. The molecule has 0 saturated carbocycles. The summed E-state index contributed by atoms with van der Waals surface area (Å²) in [5.74, 6) is -0.854. The van der Waals surface area contributed by atoms with Crippen LogP contribution in [0, 0.1) is 6.92 Å². The van der Waals surface area contributed by atoms with Gasteiger partial charge in [0.1, 0.15) is 12.4 Å². The summed E-state index contributed by atoms with van der Waals surface area (Å²) in [6, 6.07) is 7.76. The molecular weight excluding hydrogens is 258 g/mol. The third-order valence-corrected chi connectivity index (χ3v) is 2.85. The maximum atomic E-state index is 11.5. The van der Waals surface area contributed by atoms with Gasteiger partial charge in [-0.15, -0.1) is 0 Å². The number of fused-ring (bicyclic) bond motifs is 1. The van der Waals surface area contributed by atoms with Crippen LogP contribution in [0.25, 0.3) is 10.8 Å². The molecule has 2 aromatic rings. The number of hydrogen-bond donors (Lipinski definition) is 3. The molecule has 0 unspecified atom stereocenters. The molecule has 0 aliphatic heterocycles. The maximum Gasteiger partial charge on any atom is 0.322 e. The van der Waals surface area contributed by atoms with Crippen LogP contribution in [0.5, 0.6) is 0 Å². The first-order chi connectivity index (χ1) is 9.58. The Morgan fingerprint density at radius 3 is 2.60 bits per heavy atom. The van der Waals surface area contributed by atoms with Gasteiger partial charge in [0.2, 0.25) is 5.91 Å². The number of pyridine rings is 1. The first kappa shape index (κ1) is 13.8. The highest BCUT2D eigenvalue weighted by Crippen LogP contribution is 2.23. The van der Waals surface area contributed by atoms with Gasteiger partial charge >= 0.3 is 5.97 Å². The number of carbonyl (C=O) groups is 2. The summed E-state index contributed by atoms with van der Waals surface area (Å²) in [6.45, 7) is 1.56. The zero-order valence-corrected chi connectivity index (χ0v) is 11.0. The molecule has 0 bridgehead atoms. The van der Waals surface area contributed by atoms with Gasteiger partial charge in [-0.2, -0.15) is 0 Å². The van der Waals surface area contributed by atoms with E-state index in [-0.39, 0.29) is 19.0 Å². The summed E-state index contributed by atoms with van der Waals surface area (Å²) in [7, 11) is 0. The monoisotopic (exact) mass is 273 g/mol. The number of carbonyl (C=O) groups excluding carboxylic acids is 1. The van der Waals surface area contributed by atoms with E-state index in [0.717, 1.165) is 16.3 Å². The maximum absolute atomic E-state index is 11.5. The van der Waals surface area contributed by atoms with Crippen molar-refractivity contribution in [2.45, 2.75) is 6.92 Å². The van der Waals surface area contributed by atoms with E-state index in [9.17, 15) is 9.59 Å². The van der Waals surface area contributed by atoms with Gasteiger partial charge in [-0.25, -0.2) is 4.98 Å². The average Bonchev–Trinajstić information content (AvgIpc) is 2.45. The number of aliphatic carboxylic acids is 1. The summed E-state index contributed by atoms with van der Waals surface area (Å²) in [5, 5.41) is 15.7. The Morgan fingerprint density at radius 1 is 1.20 bits per heavy atom. The summed E-state index contributed by atoms with van der Waals surface area (Å²) in [6.07, 6.45) is 1.74. The van der Waals surface area contributed by atoms with E-state index in [1.54, 1.807) is 6.20 Å². The van der Waals surface area contributed by atoms with Crippen molar-refractivity contribution >= 4 is 28.5 Å². The molecule has 0 aliphatic rings. The number of nitrogens with zero attached hydrogens (tertiary/aromatic N) is 1. The lowest BCUT2D eigenvalue weighted by molar-refractivity contribution is -0.137. The van der Waals surface area contributed by atoms with E-state index in [4.69, 9.17) is 5.11 Å². The fourth-order valence-corrected chi connectivity index (χ4v) is 1.88. The topological polar surface area (TPSA) is 91.3 Å². The molecule has 0 spiro atoms. The Balaban J connectivity index is 2.09. The predicted octanol–water partition coefficient (Wildman–Crippen LogP) is 1.16. The number of aryl methyl sites for hydroxylation is 1. The van der Waals surface area contributed by atoms with Crippen molar-refractivity contribution in [3.63, 3.8) is 0 Å². The molecule has 0 fully saturated rings. The van der Waals surface area contributed by atoms with E-state index in [2.05, 4.69) is 15.6 Å². The molecule has 6 heteroatoms. The van der Waals surface area contributed by atoms with E-state index >= 15 is 0 Å². The highest BCUT2D eigenvalue weighted by molar-refractivity contribution is 5.95. The second-order valence-electron chi connectivity index (χ2n) is 4.36. The van der Waals surface area contributed by atoms with Gasteiger partial charge in [-0.3, -0.25) is 9.59 Å². The summed E-state index contributed by atoms with van der Waals surface area (Å²) in [4.78, 5) is 26.1. The Labute approximate surface area is 115 Å². The number of anilines is 1. The minimum absolute atomic E-state index is 0.0205. The number of amides is 1. The molecule has 0 radical (unpaired) electrons. The Morgan fingerprint density at radius 2 is 1.90 bits per heavy atom. The molecule has 1 amide bonds. The lowest BCUT2D eigenvalue weighted by Gasteiger charge is -2.10. The van der Waals surface area contributed by atoms with Gasteiger partial charge < -0.3 is 15.7 Å². The van der Waals surface area contributed by atoms with Crippen molar-refractivity contribution in [1.82, 2.24) is 10.3 Å². The number of carboxylic acids is 1. The summed E-state index contributed by atoms with van der Waals surface area (Å²) < 4.78 is 0. The Hall–Kier alpha value is -2.63. The molecule has 0 saturated heterocycles. The van der Waals surface area contributed by atoms with Crippen LogP contribution < -0.4 is 10.6 Å². The number of benzene rings is 1. The smallest absolute Gasteiger partial charge is 0.322 e. The minimum Gasteiger partial charge on any atom is -0.480 e. The van der Waals surface area contributed by atoms with Crippen LogP contribution in [0.4, 0.5) is 5.82 Å². The normalized spacial score (nSPS) is 10.2. The third-order valence-electron chi connectivity index (χ3n) is 2.85. The van der Waals surface area contributed by atoms with Crippen LogP contribution in [0.3, 0.4) is 0 Å². The van der Waals surface area contributed by atoms with Crippen LogP contribution in [-0.2, 0) is 9.59 Å². The molecule has 0 aliphatic carbocycles. The lowest BCUT2D eigenvalue weighted by Crippen LogP contribution is -2.34. The Kier molecular flexibility index (Phi) is 4.14. The summed E-state index contributed by atoms with van der Waals surface area (Å²) >= 11 is 0. The second kappa shape index (κ2) is 6.01. The third kappa shape index (κ3) is 3.23. The highest BCUT2D eigenvalue weighted by Gasteiger charge is 2.07. The molecule has 1 aromatic carbocycles. The zero-order chi connectivity index (χ0) is 14.5. The van der Waals surface area contributed by atoms with Crippen molar-refractivity contribution in [2.24, 2.45) is 0 Å². The number of nitrogens with one attached hydrogen (secondary N) is 2. The number of carboxylic acid groups (broad SMARTS) is 1. The number of aromatic nitrogens is 1. The van der Waals surface area contributed by atoms with Gasteiger partial charge in [-0.1, -0.05) is 24.3 Å². The van der Waals surface area contributed by atoms with Crippen molar-refractivity contribution in [2.75, 3.05) is 18.4 Å². The Bertz CT molecular complexity index is 655. The number of hydrogen-bond acceptors (Lipinski definition) is 4. The van der Waals surface area contributed by atoms with Crippen LogP contribution in [0.15, 0.2) is 30.5 Å². The quantitative estimate of drug-likeness (QED) is 0.760. The van der Waals surface area contributed by atoms with E-state index in [1.807, 2.05) is 31.2 Å². The second-order valence-corrected chi connectivity index (χ2v) is 4.36. The van der Waals surface area contributed by atoms with Gasteiger partial charge in [0, 0.05) is 11.6 Å². The van der Waals surface area contributed by atoms with Crippen molar-refractivity contribution < 1.29 is 14.7 Å². The van der Waals surface area contributed by atoms with Crippen LogP contribution >= 0.6 is 0 Å². The van der Waals surface area contributed by atoms with Crippen molar-refractivity contribution in [3.8, 4) is 0 Å². The lowest BCUT2D eigenvalue weighted by atomic mass is 10.1. The van der Waals surface area contributed by atoms with Gasteiger partial charge in [0.05, 0.1) is 6.54 Å². The van der Waals surface area contributed by atoms with Crippen LogP contribution in [-0.4, -0.2) is 35.1 Å². The molecule has 6 nitrogen and oxygen atoms in total. The summed E-state index contributed by atoms with van der Waals surface area (Å²) in [5.41, 5.74) is 1.06. The van der Waals surface area contributed by atoms with Gasteiger partial charge in [0.15, 0.2) is 0 Å². The minimum atomic E-state index is -1.07. The van der Waals surface area contributed by atoms with E-state index < -0.39 is 5.97 Å². The average molecular weight is 273 g/mol. The predicted molar refractivity (Wildman–Crippen MR) is 75.6 cm³/mol. The molecular formula is C14H15N3O3. The SMILES string of the molecule is Cc1cnc(NCC(=O)NCC(=O)O)c2ccccc12. The van der Waals surface area contributed by atoms with Crippen molar-refractivity contribution in [1.29, 1.82) is 0 Å². The van der Waals surface area contributed by atoms with Gasteiger partial charge in [0.25, 0.3) is 0 Å². The van der Waals surface area contributed by atoms with Crippen molar-refractivity contribution in [3.05, 3.63) is 36.0 Å². The molecule has 0 atom stereocenters. The van der Waals surface area contributed by atoms with E-state index in [1.165, 1.54) is 0 Å². The molecule has 20 heavy (non-hydrogen) atoms. The molecule has 1 aromatic heterocycles. The number of rotatable bonds is 5. The molecule has 1 heterocycles. The van der Waals surface area contributed by atoms with E-state index in [0.29, 0.717) is 5.82 Å². The highest BCUT2D eigenvalue weighted by atomic mass is 16.4. The molecule has 104 valence electrons. The fraction of sp³-hybridized carbons (Fsp3) is 0.214. The van der Waals surface area contributed by atoms with Crippen LogP contribution in [0.1, 0.15) is 5.56 Å².